The number of amidine groups is 1. The van der Waals surface area contributed by atoms with E-state index in [1.807, 2.05) is 36.4 Å². The Morgan fingerprint density at radius 1 is 0.884 bits per heavy atom. The van der Waals surface area contributed by atoms with Gasteiger partial charge in [-0.3, -0.25) is 9.36 Å². The maximum absolute atomic E-state index is 12.9. The summed E-state index contributed by atoms with van der Waals surface area (Å²) in [7, 11) is 6.17. The highest BCUT2D eigenvalue weighted by Gasteiger charge is 2.18. The molecule has 11 heteroatoms. The molecule has 5 rings (SSSR count). The molecular weight excluding hydrogens is 570 g/mol. The third-order valence-electron chi connectivity index (χ3n) is 6.70. The summed E-state index contributed by atoms with van der Waals surface area (Å²) in [4.78, 5) is 22.4. The third kappa shape index (κ3) is 6.21. The molecule has 10 nitrogen and oxygen atoms in total. The molecule has 1 aliphatic heterocycles. The Hall–Kier alpha value is -4.77. The molecule has 4 aromatic rings. The maximum atomic E-state index is 12.9. The Balaban J connectivity index is 1.42. The summed E-state index contributed by atoms with van der Waals surface area (Å²) in [5.41, 5.74) is 2.19. The Morgan fingerprint density at radius 3 is 2.26 bits per heavy atom. The highest BCUT2D eigenvalue weighted by molar-refractivity contribution is 7.10. The van der Waals surface area contributed by atoms with E-state index in [2.05, 4.69) is 18.8 Å². The van der Waals surface area contributed by atoms with Crippen LogP contribution in [0.15, 0.2) is 63.3 Å². The number of hydrogen-bond donors (Lipinski definition) is 1. The molecule has 0 saturated carbocycles. The molecule has 3 aromatic carbocycles. The van der Waals surface area contributed by atoms with Crippen LogP contribution in [-0.2, 0) is 6.54 Å². The van der Waals surface area contributed by atoms with E-state index in [9.17, 15) is 9.90 Å². The summed E-state index contributed by atoms with van der Waals surface area (Å²) >= 11 is 0.954. The minimum atomic E-state index is -0.302. The number of rotatable bonds is 11. The van der Waals surface area contributed by atoms with E-state index in [0.717, 1.165) is 27.5 Å². The smallest absolute Gasteiger partial charge is 0.310 e. The Bertz CT molecular complexity index is 1850. The summed E-state index contributed by atoms with van der Waals surface area (Å²) in [5.74, 6) is 3.47. The van der Waals surface area contributed by atoms with Crippen LogP contribution >= 0.6 is 11.3 Å². The lowest BCUT2D eigenvalue weighted by molar-refractivity contribution is 0.257. The quantitative estimate of drug-likeness (QED) is 0.272. The lowest BCUT2D eigenvalue weighted by atomic mass is 10.1. The standard InChI is InChI=1S/C32H33N3O7S/c1-18(2)17-42-24-10-8-21(15-25(24)38-3)30-33-22-9-7-19(11-23(22)34-30)14-28-31(36)35(32(37)43-28)16-20-12-26(39-4)29(41-6)27(13-20)40-5/h7-15,18,36H,16-17H2,1-6H3/b19-14+. The van der Waals surface area contributed by atoms with Crippen LogP contribution in [0, 0.1) is 5.92 Å². The Kier molecular flexibility index (Phi) is 8.72. The van der Waals surface area contributed by atoms with Crippen LogP contribution in [0.25, 0.3) is 6.08 Å². The average Bonchev–Trinajstić information content (AvgIpc) is 3.55. The summed E-state index contributed by atoms with van der Waals surface area (Å²) in [6.07, 6.45) is 1.75. The molecule has 0 spiro atoms. The molecule has 0 atom stereocenters. The number of aromatic nitrogens is 1. The SMILES string of the molecule is COc1cc(C2=Nc3c/c(=C/c4sc(=O)n(Cc5cc(OC)c(OC)c(OC)c5)c4O)ccc3=N2)ccc1OCC(C)C. The fraction of sp³-hybridized carbons (Fsp3) is 0.281. The molecule has 0 fully saturated rings. The van der Waals surface area contributed by atoms with E-state index in [1.54, 1.807) is 25.3 Å². The van der Waals surface area contributed by atoms with Gasteiger partial charge in [-0.25, -0.2) is 9.98 Å². The lowest BCUT2D eigenvalue weighted by Gasteiger charge is -2.14. The summed E-state index contributed by atoms with van der Waals surface area (Å²) in [5, 5.41) is 12.5. The van der Waals surface area contributed by atoms with Crippen molar-refractivity contribution < 1.29 is 28.8 Å². The van der Waals surface area contributed by atoms with Crippen molar-refractivity contribution in [2.45, 2.75) is 20.4 Å². The second-order valence-electron chi connectivity index (χ2n) is 10.2. The molecule has 0 bridgehead atoms. The average molecular weight is 604 g/mol. The second-order valence-corrected chi connectivity index (χ2v) is 11.2. The normalized spacial score (nSPS) is 12.5. The van der Waals surface area contributed by atoms with Crippen molar-refractivity contribution in [2.24, 2.45) is 15.9 Å². The molecule has 224 valence electrons. The monoisotopic (exact) mass is 603 g/mol. The number of ether oxygens (including phenoxy) is 5. The van der Waals surface area contributed by atoms with Crippen LogP contribution in [0.5, 0.6) is 34.6 Å². The lowest BCUT2D eigenvalue weighted by Crippen LogP contribution is -2.13. The number of methoxy groups -OCH3 is 4. The van der Waals surface area contributed by atoms with Crippen LogP contribution in [0.3, 0.4) is 0 Å². The zero-order chi connectivity index (χ0) is 30.7. The molecule has 1 aromatic heterocycles. The van der Waals surface area contributed by atoms with Gasteiger partial charge in [-0.2, -0.15) is 0 Å². The van der Waals surface area contributed by atoms with Crippen LogP contribution < -0.4 is 39.1 Å². The first-order chi connectivity index (χ1) is 20.7. The third-order valence-corrected chi connectivity index (χ3v) is 7.62. The van der Waals surface area contributed by atoms with Crippen molar-refractivity contribution in [1.82, 2.24) is 4.57 Å². The van der Waals surface area contributed by atoms with Gasteiger partial charge in [-0.1, -0.05) is 31.3 Å². The van der Waals surface area contributed by atoms with Crippen molar-refractivity contribution in [2.75, 3.05) is 35.0 Å². The maximum Gasteiger partial charge on any atom is 0.310 e. The van der Waals surface area contributed by atoms with E-state index in [-0.39, 0.29) is 17.3 Å². The highest BCUT2D eigenvalue weighted by atomic mass is 32.1. The number of aliphatic imine (C=N–C) groups is 1. The molecular formula is C32H33N3O7S. The molecule has 0 radical (unpaired) electrons. The van der Waals surface area contributed by atoms with E-state index >= 15 is 0 Å². The summed E-state index contributed by atoms with van der Waals surface area (Å²) < 4.78 is 28.9. The molecule has 1 aliphatic rings. The van der Waals surface area contributed by atoms with Gasteiger partial charge in [-0.05, 0) is 65.2 Å². The van der Waals surface area contributed by atoms with Gasteiger partial charge in [0, 0.05) is 5.56 Å². The number of fused-ring (bicyclic) bond motifs is 1. The van der Waals surface area contributed by atoms with Crippen molar-refractivity contribution in [1.29, 1.82) is 0 Å². The number of hydrogen-bond acceptors (Lipinski definition) is 10. The first-order valence-electron chi connectivity index (χ1n) is 13.6. The van der Waals surface area contributed by atoms with Crippen molar-refractivity contribution >= 4 is 28.9 Å². The topological polar surface area (TPSA) is 113 Å². The largest absolute Gasteiger partial charge is 0.493 e. The number of benzene rings is 3. The fourth-order valence-corrected chi connectivity index (χ4v) is 5.43. The highest BCUT2D eigenvalue weighted by Crippen LogP contribution is 2.38. The van der Waals surface area contributed by atoms with Gasteiger partial charge in [0.15, 0.2) is 28.8 Å². The number of nitrogens with zero attached hydrogens (tertiary/aromatic N) is 3. The Morgan fingerprint density at radius 2 is 1.60 bits per heavy atom. The van der Waals surface area contributed by atoms with Gasteiger partial charge in [0.1, 0.15) is 0 Å². The van der Waals surface area contributed by atoms with E-state index in [4.69, 9.17) is 28.7 Å². The second kappa shape index (κ2) is 12.6. The molecule has 0 amide bonds. The van der Waals surface area contributed by atoms with E-state index < -0.39 is 0 Å². The molecule has 1 N–H and O–H groups in total. The predicted molar refractivity (Wildman–Crippen MR) is 166 cm³/mol. The van der Waals surface area contributed by atoms with Gasteiger partial charge >= 0.3 is 4.87 Å². The van der Waals surface area contributed by atoms with Crippen molar-refractivity contribution in [3.05, 3.63) is 84.8 Å². The van der Waals surface area contributed by atoms with Crippen LogP contribution in [-0.4, -0.2) is 50.6 Å². The fourth-order valence-electron chi connectivity index (χ4n) is 4.59. The number of thiazole rings is 1. The first kappa shape index (κ1) is 29.7. The molecule has 0 unspecified atom stereocenters. The zero-order valence-corrected chi connectivity index (χ0v) is 25.7. The van der Waals surface area contributed by atoms with E-state index in [0.29, 0.717) is 63.2 Å². The number of aromatic hydroxyl groups is 1. The molecule has 2 heterocycles. The molecule has 43 heavy (non-hydrogen) atoms. The van der Waals surface area contributed by atoms with Crippen LogP contribution in [0.2, 0.25) is 0 Å². The summed E-state index contributed by atoms with van der Waals surface area (Å²) in [6, 6.07) is 14.7. The van der Waals surface area contributed by atoms with Crippen LogP contribution in [0.1, 0.15) is 29.9 Å². The minimum absolute atomic E-state index is 0.118. The minimum Gasteiger partial charge on any atom is -0.493 e. The Labute approximate surface area is 252 Å². The summed E-state index contributed by atoms with van der Waals surface area (Å²) in [6.45, 7) is 4.88. The van der Waals surface area contributed by atoms with Gasteiger partial charge in [0.05, 0.1) is 57.5 Å². The zero-order valence-electron chi connectivity index (χ0n) is 24.8. The van der Waals surface area contributed by atoms with Gasteiger partial charge in [0.2, 0.25) is 11.6 Å². The first-order valence-corrected chi connectivity index (χ1v) is 14.4. The van der Waals surface area contributed by atoms with E-state index in [1.165, 1.54) is 25.9 Å². The predicted octanol–water partition coefficient (Wildman–Crippen LogP) is 4.27. The molecule has 0 aliphatic carbocycles. The van der Waals surface area contributed by atoms with Crippen molar-refractivity contribution in [3.8, 4) is 34.6 Å². The van der Waals surface area contributed by atoms with Gasteiger partial charge < -0.3 is 28.8 Å². The van der Waals surface area contributed by atoms with Crippen molar-refractivity contribution in [3.63, 3.8) is 0 Å². The van der Waals surface area contributed by atoms with Crippen LogP contribution in [0.4, 0.5) is 5.69 Å². The molecule has 0 saturated heterocycles. The van der Waals surface area contributed by atoms with Gasteiger partial charge in [-0.15, -0.1) is 0 Å². The van der Waals surface area contributed by atoms with Gasteiger partial charge in [0.25, 0.3) is 0 Å².